The molecule has 0 spiro atoms. The van der Waals surface area contributed by atoms with Gasteiger partial charge < -0.3 is 9.30 Å². The van der Waals surface area contributed by atoms with Gasteiger partial charge in [0, 0.05) is 24.9 Å². The van der Waals surface area contributed by atoms with Gasteiger partial charge in [0.05, 0.1) is 17.9 Å². The van der Waals surface area contributed by atoms with Gasteiger partial charge in [0.15, 0.2) is 11.2 Å². The quantitative estimate of drug-likeness (QED) is 0.395. The molecule has 1 aromatic carbocycles. The molecule has 164 valence electrons. The molecule has 0 bridgehead atoms. The van der Waals surface area contributed by atoms with Crippen LogP contribution in [0.3, 0.4) is 0 Å². The van der Waals surface area contributed by atoms with Crippen LogP contribution in [0.25, 0.3) is 27.8 Å². The van der Waals surface area contributed by atoms with Crippen LogP contribution in [0.4, 0.5) is 0 Å². The SMILES string of the molecule is COCc1nn2c(nnc3c(=O)n(CCC4=CCCCC4)ccc32)c1-c1ccc(Cl)cc1. The van der Waals surface area contributed by atoms with Gasteiger partial charge in [-0.15, -0.1) is 10.2 Å². The van der Waals surface area contributed by atoms with E-state index in [1.54, 1.807) is 16.2 Å². The fourth-order valence-electron chi connectivity index (χ4n) is 4.35. The van der Waals surface area contributed by atoms with Crippen LogP contribution in [0.5, 0.6) is 0 Å². The van der Waals surface area contributed by atoms with Crippen molar-refractivity contribution in [2.24, 2.45) is 0 Å². The van der Waals surface area contributed by atoms with Gasteiger partial charge in [0.2, 0.25) is 0 Å². The van der Waals surface area contributed by atoms with Crippen molar-refractivity contribution in [1.82, 2.24) is 24.4 Å². The van der Waals surface area contributed by atoms with Gasteiger partial charge in [-0.3, -0.25) is 4.79 Å². The van der Waals surface area contributed by atoms with Crippen LogP contribution in [0.1, 0.15) is 37.8 Å². The highest BCUT2D eigenvalue weighted by atomic mass is 35.5. The maximum atomic E-state index is 13.1. The molecule has 1 aliphatic rings. The van der Waals surface area contributed by atoms with Crippen molar-refractivity contribution in [2.75, 3.05) is 7.11 Å². The average Bonchev–Trinajstić information content (AvgIpc) is 3.18. The summed E-state index contributed by atoms with van der Waals surface area (Å²) < 4.78 is 8.78. The number of ether oxygens (including phenoxy) is 1. The van der Waals surface area contributed by atoms with Crippen molar-refractivity contribution in [1.29, 1.82) is 0 Å². The Hall–Kier alpha value is -3.03. The summed E-state index contributed by atoms with van der Waals surface area (Å²) in [6, 6.07) is 9.38. The molecule has 0 saturated heterocycles. The monoisotopic (exact) mass is 449 g/mol. The predicted octanol–water partition coefficient (Wildman–Crippen LogP) is 4.80. The molecule has 1 aliphatic carbocycles. The van der Waals surface area contributed by atoms with E-state index in [2.05, 4.69) is 16.3 Å². The molecule has 5 rings (SSSR count). The summed E-state index contributed by atoms with van der Waals surface area (Å²) in [6.07, 6.45) is 9.81. The number of allylic oxidation sites excluding steroid dienone is 2. The van der Waals surface area contributed by atoms with Gasteiger partial charge in [-0.05, 0) is 55.9 Å². The maximum Gasteiger partial charge on any atom is 0.280 e. The highest BCUT2D eigenvalue weighted by Gasteiger charge is 2.19. The van der Waals surface area contributed by atoms with Crippen LogP contribution in [-0.2, 0) is 17.9 Å². The molecule has 0 fully saturated rings. The Morgan fingerprint density at radius 2 is 1.97 bits per heavy atom. The molecule has 3 aromatic heterocycles. The largest absolute Gasteiger partial charge is 0.378 e. The summed E-state index contributed by atoms with van der Waals surface area (Å²) in [5.74, 6) is 0. The summed E-state index contributed by atoms with van der Waals surface area (Å²) in [7, 11) is 1.62. The second-order valence-corrected chi connectivity index (χ2v) is 8.54. The second-order valence-electron chi connectivity index (χ2n) is 8.10. The molecule has 4 aromatic rings. The van der Waals surface area contributed by atoms with E-state index in [-0.39, 0.29) is 5.56 Å². The zero-order chi connectivity index (χ0) is 22.1. The minimum atomic E-state index is -0.148. The Labute approximate surface area is 190 Å². The number of aryl methyl sites for hydroxylation is 1. The molecule has 3 heterocycles. The number of rotatable bonds is 6. The fraction of sp³-hybridized carbons (Fsp3) is 0.333. The average molecular weight is 450 g/mol. The van der Waals surface area contributed by atoms with Crippen molar-refractivity contribution in [3.05, 3.63) is 69.2 Å². The Bertz CT molecular complexity index is 1370. The first kappa shape index (κ1) is 20.8. The molecule has 32 heavy (non-hydrogen) atoms. The summed E-state index contributed by atoms with van der Waals surface area (Å²) in [5, 5.41) is 14.1. The van der Waals surface area contributed by atoms with Crippen LogP contribution >= 0.6 is 11.6 Å². The normalized spacial score (nSPS) is 14.2. The van der Waals surface area contributed by atoms with Crippen LogP contribution in [-0.4, -0.2) is 31.5 Å². The zero-order valence-corrected chi connectivity index (χ0v) is 18.7. The molecule has 0 saturated carbocycles. The highest BCUT2D eigenvalue weighted by molar-refractivity contribution is 6.30. The lowest BCUT2D eigenvalue weighted by molar-refractivity contribution is 0.181. The number of fused-ring (bicyclic) bond motifs is 3. The van der Waals surface area contributed by atoms with Crippen LogP contribution in [0.2, 0.25) is 5.02 Å². The number of hydrogen-bond donors (Lipinski definition) is 0. The van der Waals surface area contributed by atoms with Crippen molar-refractivity contribution < 1.29 is 4.74 Å². The van der Waals surface area contributed by atoms with Gasteiger partial charge in [-0.2, -0.15) is 5.10 Å². The van der Waals surface area contributed by atoms with Gasteiger partial charge in [-0.1, -0.05) is 35.4 Å². The summed E-state index contributed by atoms with van der Waals surface area (Å²) >= 11 is 6.06. The summed E-state index contributed by atoms with van der Waals surface area (Å²) in [6.45, 7) is 0.958. The lowest BCUT2D eigenvalue weighted by atomic mass is 9.97. The van der Waals surface area contributed by atoms with E-state index in [1.807, 2.05) is 36.5 Å². The highest BCUT2D eigenvalue weighted by Crippen LogP contribution is 2.30. The molecule has 0 radical (unpaired) electrons. The Balaban J connectivity index is 1.59. The molecule has 7 nitrogen and oxygen atoms in total. The number of pyridine rings is 1. The van der Waals surface area contributed by atoms with Gasteiger partial charge in [0.1, 0.15) is 5.52 Å². The summed E-state index contributed by atoms with van der Waals surface area (Å²) in [5.41, 5.74) is 5.28. The third-order valence-corrected chi connectivity index (χ3v) is 6.25. The van der Waals surface area contributed by atoms with Crippen LogP contribution in [0.15, 0.2) is 53.0 Å². The number of benzene rings is 1. The molecule has 8 heteroatoms. The van der Waals surface area contributed by atoms with E-state index in [9.17, 15) is 4.79 Å². The predicted molar refractivity (Wildman–Crippen MR) is 125 cm³/mol. The molecular formula is C24H24ClN5O2. The zero-order valence-electron chi connectivity index (χ0n) is 17.9. The first-order valence-corrected chi connectivity index (χ1v) is 11.2. The smallest absolute Gasteiger partial charge is 0.280 e. The second kappa shape index (κ2) is 8.84. The molecular weight excluding hydrogens is 426 g/mol. The van der Waals surface area contributed by atoms with E-state index in [0.717, 1.165) is 36.1 Å². The van der Waals surface area contributed by atoms with Gasteiger partial charge >= 0.3 is 0 Å². The number of methoxy groups -OCH3 is 1. The number of halogens is 1. The van der Waals surface area contributed by atoms with E-state index in [1.165, 1.54) is 18.4 Å². The topological polar surface area (TPSA) is 74.3 Å². The molecule has 0 aliphatic heterocycles. The van der Waals surface area contributed by atoms with Crippen LogP contribution in [0, 0.1) is 0 Å². The lowest BCUT2D eigenvalue weighted by Crippen LogP contribution is -2.22. The Morgan fingerprint density at radius 1 is 1.12 bits per heavy atom. The van der Waals surface area contributed by atoms with E-state index in [4.69, 9.17) is 21.4 Å². The molecule has 0 atom stereocenters. The molecule has 0 amide bonds. The van der Waals surface area contributed by atoms with Crippen molar-refractivity contribution in [3.63, 3.8) is 0 Å². The first-order valence-electron chi connectivity index (χ1n) is 10.9. The number of nitrogens with zero attached hydrogens (tertiary/aromatic N) is 5. The Morgan fingerprint density at radius 3 is 2.72 bits per heavy atom. The standard InChI is InChI=1S/C24H24ClN5O2/c1-32-15-19-21(17-7-9-18(25)10-8-17)23-27-26-22-20(30(23)28-19)12-14-29(24(22)31)13-11-16-5-3-2-4-6-16/h5,7-10,12,14H,2-4,6,11,13,15H2,1H3. The Kier molecular flexibility index (Phi) is 5.76. The lowest BCUT2D eigenvalue weighted by Gasteiger charge is -2.13. The first-order chi connectivity index (χ1) is 15.7. The molecule has 0 N–H and O–H groups in total. The third kappa shape index (κ3) is 3.82. The fourth-order valence-corrected chi connectivity index (χ4v) is 4.48. The van der Waals surface area contributed by atoms with Crippen LogP contribution < -0.4 is 5.56 Å². The van der Waals surface area contributed by atoms with E-state index >= 15 is 0 Å². The minimum Gasteiger partial charge on any atom is -0.378 e. The van der Waals surface area contributed by atoms with Crippen molar-refractivity contribution >= 4 is 28.3 Å². The maximum absolute atomic E-state index is 13.1. The third-order valence-electron chi connectivity index (χ3n) is 6.00. The van der Waals surface area contributed by atoms with E-state index < -0.39 is 0 Å². The van der Waals surface area contributed by atoms with Gasteiger partial charge in [-0.25, -0.2) is 4.52 Å². The number of hydrogen-bond acceptors (Lipinski definition) is 5. The van der Waals surface area contributed by atoms with Crippen molar-refractivity contribution in [3.8, 4) is 11.1 Å². The minimum absolute atomic E-state index is 0.148. The summed E-state index contributed by atoms with van der Waals surface area (Å²) in [4.78, 5) is 13.1. The van der Waals surface area contributed by atoms with Gasteiger partial charge in [0.25, 0.3) is 5.56 Å². The van der Waals surface area contributed by atoms with E-state index in [0.29, 0.717) is 34.9 Å². The molecule has 0 unspecified atom stereocenters. The van der Waals surface area contributed by atoms with Crippen molar-refractivity contribution in [2.45, 2.75) is 45.3 Å². The number of aromatic nitrogens is 5.